The molecule has 1 heterocycles. The summed E-state index contributed by atoms with van der Waals surface area (Å²) in [4.78, 5) is 16.2. The molecule has 0 bridgehead atoms. The minimum atomic E-state index is -0.632. The van der Waals surface area contributed by atoms with Crippen LogP contribution in [0.25, 0.3) is 0 Å². The molecule has 21 heavy (non-hydrogen) atoms. The van der Waals surface area contributed by atoms with Crippen molar-refractivity contribution < 1.29 is 13.9 Å². The topological polar surface area (TPSA) is 51.2 Å². The summed E-state index contributed by atoms with van der Waals surface area (Å²) in [6.07, 6.45) is 0.0620. The molecule has 0 radical (unpaired) electrons. The highest BCUT2D eigenvalue weighted by Gasteiger charge is 2.14. The fraction of sp³-hybridized carbons (Fsp3) is 0.333. The molecule has 6 heteroatoms. The minimum absolute atomic E-state index is 0.203. The molecule has 1 unspecified atom stereocenters. The molecule has 1 atom stereocenters. The van der Waals surface area contributed by atoms with Crippen molar-refractivity contribution in [2.75, 3.05) is 6.54 Å². The number of aromatic nitrogens is 1. The predicted molar refractivity (Wildman–Crippen MR) is 80.1 cm³/mol. The number of benzene rings is 1. The Morgan fingerprint density at radius 3 is 2.76 bits per heavy atom. The number of carbonyl (C=O) groups excluding carboxylic acids is 1. The molecule has 0 aliphatic carbocycles. The molecule has 0 saturated carbocycles. The molecule has 0 aliphatic heterocycles. The lowest BCUT2D eigenvalue weighted by molar-refractivity contribution is -0.127. The van der Waals surface area contributed by atoms with E-state index in [1.54, 1.807) is 18.3 Å². The highest BCUT2D eigenvalue weighted by atomic mass is 32.1. The van der Waals surface area contributed by atoms with Crippen molar-refractivity contribution in [2.45, 2.75) is 26.4 Å². The van der Waals surface area contributed by atoms with Gasteiger partial charge in [-0.2, -0.15) is 0 Å². The van der Waals surface area contributed by atoms with Crippen molar-refractivity contribution in [1.82, 2.24) is 10.3 Å². The number of amides is 1. The standard InChI is InChI=1S/C15H17FN2O2S/c1-10(20-14-5-3-12(16)4-6-14)15(19)17-8-7-13-9-21-11(2)18-13/h3-6,9-10H,7-8H2,1-2H3,(H,17,19). The Balaban J connectivity index is 1.75. The van der Waals surface area contributed by atoms with Crippen LogP contribution in [0.4, 0.5) is 4.39 Å². The van der Waals surface area contributed by atoms with Crippen LogP contribution in [0.3, 0.4) is 0 Å². The molecule has 0 spiro atoms. The molecule has 2 rings (SSSR count). The summed E-state index contributed by atoms with van der Waals surface area (Å²) < 4.78 is 18.2. The maximum atomic E-state index is 12.8. The quantitative estimate of drug-likeness (QED) is 0.892. The van der Waals surface area contributed by atoms with E-state index >= 15 is 0 Å². The number of hydrogen-bond donors (Lipinski definition) is 1. The second-order valence-electron chi connectivity index (χ2n) is 4.61. The van der Waals surface area contributed by atoms with E-state index < -0.39 is 6.10 Å². The van der Waals surface area contributed by atoms with Gasteiger partial charge in [0.05, 0.1) is 10.7 Å². The van der Waals surface area contributed by atoms with Gasteiger partial charge in [-0.1, -0.05) is 0 Å². The molecular formula is C15H17FN2O2S. The van der Waals surface area contributed by atoms with Crippen LogP contribution in [0.1, 0.15) is 17.6 Å². The highest BCUT2D eigenvalue weighted by molar-refractivity contribution is 7.09. The number of nitrogens with zero attached hydrogens (tertiary/aromatic N) is 1. The van der Waals surface area contributed by atoms with E-state index in [1.165, 1.54) is 24.3 Å². The van der Waals surface area contributed by atoms with E-state index in [9.17, 15) is 9.18 Å². The van der Waals surface area contributed by atoms with Gasteiger partial charge in [0.25, 0.3) is 5.91 Å². The Bertz CT molecular complexity index is 598. The third-order valence-corrected chi connectivity index (χ3v) is 3.66. The summed E-state index contributed by atoms with van der Waals surface area (Å²) in [5, 5.41) is 5.80. The summed E-state index contributed by atoms with van der Waals surface area (Å²) in [6, 6.07) is 5.59. The van der Waals surface area contributed by atoms with E-state index in [-0.39, 0.29) is 11.7 Å². The van der Waals surface area contributed by atoms with Crippen LogP contribution in [0.2, 0.25) is 0 Å². The minimum Gasteiger partial charge on any atom is -0.481 e. The van der Waals surface area contributed by atoms with Gasteiger partial charge < -0.3 is 10.1 Å². The third kappa shape index (κ3) is 4.82. The van der Waals surface area contributed by atoms with Gasteiger partial charge in [-0.05, 0) is 38.1 Å². The first kappa shape index (κ1) is 15.4. The number of hydrogen-bond acceptors (Lipinski definition) is 4. The predicted octanol–water partition coefficient (Wildman–Crippen LogP) is 2.72. The van der Waals surface area contributed by atoms with E-state index in [4.69, 9.17) is 4.74 Å². The Morgan fingerprint density at radius 1 is 1.43 bits per heavy atom. The van der Waals surface area contributed by atoms with E-state index in [2.05, 4.69) is 10.3 Å². The Kier molecular flexibility index (Phi) is 5.27. The summed E-state index contributed by atoms with van der Waals surface area (Å²) in [6.45, 7) is 4.12. The van der Waals surface area contributed by atoms with Crippen LogP contribution in [0.15, 0.2) is 29.6 Å². The Morgan fingerprint density at radius 2 is 2.14 bits per heavy atom. The van der Waals surface area contributed by atoms with Crippen molar-refractivity contribution in [3.63, 3.8) is 0 Å². The third-order valence-electron chi connectivity index (χ3n) is 2.84. The first-order valence-electron chi connectivity index (χ1n) is 6.65. The summed E-state index contributed by atoms with van der Waals surface area (Å²) >= 11 is 1.59. The van der Waals surface area contributed by atoms with Crippen molar-refractivity contribution in [3.8, 4) is 5.75 Å². The van der Waals surface area contributed by atoms with Gasteiger partial charge in [0.2, 0.25) is 0 Å². The smallest absolute Gasteiger partial charge is 0.260 e. The van der Waals surface area contributed by atoms with E-state index in [0.29, 0.717) is 18.7 Å². The van der Waals surface area contributed by atoms with Crippen LogP contribution < -0.4 is 10.1 Å². The molecule has 1 N–H and O–H groups in total. The average molecular weight is 308 g/mol. The summed E-state index contributed by atoms with van der Waals surface area (Å²) in [5.74, 6) is -0.0709. The number of aryl methyl sites for hydroxylation is 1. The second-order valence-corrected chi connectivity index (χ2v) is 5.68. The van der Waals surface area contributed by atoms with Gasteiger partial charge in [-0.15, -0.1) is 11.3 Å². The number of ether oxygens (including phenoxy) is 1. The van der Waals surface area contributed by atoms with Crippen molar-refractivity contribution in [2.24, 2.45) is 0 Å². The molecule has 112 valence electrons. The zero-order valence-electron chi connectivity index (χ0n) is 11.9. The number of halogens is 1. The Hall–Kier alpha value is -1.95. The average Bonchev–Trinajstić information content (AvgIpc) is 2.87. The summed E-state index contributed by atoms with van der Waals surface area (Å²) in [7, 11) is 0. The molecular weight excluding hydrogens is 291 g/mol. The monoisotopic (exact) mass is 308 g/mol. The number of nitrogens with one attached hydrogen (secondary N) is 1. The van der Waals surface area contributed by atoms with Crippen LogP contribution >= 0.6 is 11.3 Å². The van der Waals surface area contributed by atoms with Gasteiger partial charge in [0.15, 0.2) is 6.10 Å². The normalized spacial score (nSPS) is 12.0. The fourth-order valence-corrected chi connectivity index (χ4v) is 2.40. The van der Waals surface area contributed by atoms with Crippen LogP contribution in [-0.4, -0.2) is 23.5 Å². The lowest BCUT2D eigenvalue weighted by atomic mass is 10.3. The lowest BCUT2D eigenvalue weighted by Crippen LogP contribution is -2.37. The van der Waals surface area contributed by atoms with Crippen LogP contribution in [0.5, 0.6) is 5.75 Å². The molecule has 0 fully saturated rings. The van der Waals surface area contributed by atoms with Crippen LogP contribution in [0, 0.1) is 12.7 Å². The molecule has 0 aliphatic rings. The lowest BCUT2D eigenvalue weighted by Gasteiger charge is -2.14. The second kappa shape index (κ2) is 7.17. The Labute approximate surface area is 127 Å². The molecule has 0 saturated heterocycles. The summed E-state index contributed by atoms with van der Waals surface area (Å²) in [5.41, 5.74) is 0.977. The largest absolute Gasteiger partial charge is 0.481 e. The van der Waals surface area contributed by atoms with Crippen molar-refractivity contribution in [1.29, 1.82) is 0 Å². The van der Waals surface area contributed by atoms with Crippen molar-refractivity contribution in [3.05, 3.63) is 46.2 Å². The van der Waals surface area contributed by atoms with Gasteiger partial charge in [0, 0.05) is 18.3 Å². The zero-order chi connectivity index (χ0) is 15.2. The number of carbonyl (C=O) groups is 1. The fourth-order valence-electron chi connectivity index (χ4n) is 1.75. The van der Waals surface area contributed by atoms with Crippen LogP contribution in [-0.2, 0) is 11.2 Å². The van der Waals surface area contributed by atoms with E-state index in [1.807, 2.05) is 12.3 Å². The van der Waals surface area contributed by atoms with Crippen molar-refractivity contribution >= 4 is 17.2 Å². The molecule has 4 nitrogen and oxygen atoms in total. The number of thiazole rings is 1. The highest BCUT2D eigenvalue weighted by Crippen LogP contribution is 2.13. The number of rotatable bonds is 6. The SMILES string of the molecule is Cc1nc(CCNC(=O)C(C)Oc2ccc(F)cc2)cs1. The van der Waals surface area contributed by atoms with Gasteiger partial charge in [0.1, 0.15) is 11.6 Å². The maximum Gasteiger partial charge on any atom is 0.260 e. The first-order valence-corrected chi connectivity index (χ1v) is 7.53. The molecule has 1 aromatic carbocycles. The maximum absolute atomic E-state index is 12.8. The first-order chi connectivity index (χ1) is 10.0. The molecule has 2 aromatic rings. The zero-order valence-corrected chi connectivity index (χ0v) is 12.7. The van der Waals surface area contributed by atoms with Gasteiger partial charge >= 0.3 is 0 Å². The van der Waals surface area contributed by atoms with Gasteiger partial charge in [-0.25, -0.2) is 9.37 Å². The molecule has 1 aromatic heterocycles. The molecule has 1 amide bonds. The van der Waals surface area contributed by atoms with E-state index in [0.717, 1.165) is 10.7 Å². The van der Waals surface area contributed by atoms with Gasteiger partial charge in [-0.3, -0.25) is 4.79 Å².